The Bertz CT molecular complexity index is 220. The molecular weight excluding hydrogens is 194 g/mol. The number of nitrogens with one attached hydrogen (secondary N) is 1. The molecule has 4 nitrogen and oxygen atoms in total. The second kappa shape index (κ2) is 4.94. The van der Waals surface area contributed by atoms with Crippen molar-refractivity contribution in [1.82, 2.24) is 5.32 Å². The van der Waals surface area contributed by atoms with Crippen molar-refractivity contribution in [3.05, 3.63) is 0 Å². The summed E-state index contributed by atoms with van der Waals surface area (Å²) in [4.78, 5) is 11.5. The topological polar surface area (TPSA) is 58.6 Å². The van der Waals surface area contributed by atoms with E-state index in [1.54, 1.807) is 0 Å². The van der Waals surface area contributed by atoms with E-state index in [9.17, 15) is 4.79 Å². The van der Waals surface area contributed by atoms with Gasteiger partial charge in [-0.1, -0.05) is 0 Å². The van der Waals surface area contributed by atoms with Crippen molar-refractivity contribution in [1.29, 1.82) is 0 Å². The number of amides is 1. The molecule has 2 fully saturated rings. The molecule has 0 spiro atoms. The fourth-order valence-corrected chi connectivity index (χ4v) is 2.21. The molecule has 1 saturated heterocycles. The lowest BCUT2D eigenvalue weighted by molar-refractivity contribution is -0.123. The first kappa shape index (κ1) is 10.9. The molecule has 1 saturated carbocycles. The summed E-state index contributed by atoms with van der Waals surface area (Å²) >= 11 is 0. The molecule has 0 aromatic carbocycles. The van der Waals surface area contributed by atoms with Crippen molar-refractivity contribution in [2.24, 2.45) is 5.92 Å². The third kappa shape index (κ3) is 3.18. The lowest BCUT2D eigenvalue weighted by Crippen LogP contribution is -2.39. The maximum absolute atomic E-state index is 11.5. The molecule has 1 unspecified atom stereocenters. The molecule has 4 heteroatoms. The van der Waals surface area contributed by atoms with E-state index in [1.165, 1.54) is 0 Å². The van der Waals surface area contributed by atoms with Gasteiger partial charge in [-0.05, 0) is 31.6 Å². The molecule has 2 rings (SSSR count). The Balaban J connectivity index is 1.56. The van der Waals surface area contributed by atoms with Crippen LogP contribution in [0.25, 0.3) is 0 Å². The predicted molar refractivity (Wildman–Crippen MR) is 55.3 cm³/mol. The van der Waals surface area contributed by atoms with E-state index in [-0.39, 0.29) is 18.1 Å². The minimum Gasteiger partial charge on any atom is -0.393 e. The van der Waals surface area contributed by atoms with Crippen LogP contribution in [-0.4, -0.2) is 36.4 Å². The highest BCUT2D eigenvalue weighted by molar-refractivity contribution is 5.76. The molecule has 1 heterocycles. The summed E-state index contributed by atoms with van der Waals surface area (Å²) in [6.45, 7) is 1.51. The second-order valence-corrected chi connectivity index (χ2v) is 4.63. The quantitative estimate of drug-likeness (QED) is 0.712. The van der Waals surface area contributed by atoms with Gasteiger partial charge in [-0.25, -0.2) is 0 Å². The Morgan fingerprint density at radius 3 is 2.87 bits per heavy atom. The van der Waals surface area contributed by atoms with Crippen molar-refractivity contribution >= 4 is 5.91 Å². The number of aliphatic hydroxyl groups is 1. The Morgan fingerprint density at radius 2 is 2.27 bits per heavy atom. The third-order valence-electron chi connectivity index (χ3n) is 3.24. The average Bonchev–Trinajstić information content (AvgIpc) is 2.63. The Hall–Kier alpha value is -0.610. The molecular formula is C11H19NO3. The van der Waals surface area contributed by atoms with Crippen LogP contribution in [0.5, 0.6) is 0 Å². The van der Waals surface area contributed by atoms with Crippen LogP contribution in [0, 0.1) is 5.92 Å². The van der Waals surface area contributed by atoms with Gasteiger partial charge in [0.15, 0.2) is 0 Å². The monoisotopic (exact) mass is 213 g/mol. The average molecular weight is 213 g/mol. The number of carbonyl (C=O) groups is 1. The van der Waals surface area contributed by atoms with E-state index in [2.05, 4.69) is 5.32 Å². The highest BCUT2D eigenvalue weighted by Crippen LogP contribution is 2.26. The van der Waals surface area contributed by atoms with Gasteiger partial charge in [0.2, 0.25) is 5.91 Å². The van der Waals surface area contributed by atoms with E-state index in [0.717, 1.165) is 32.3 Å². The maximum atomic E-state index is 11.5. The van der Waals surface area contributed by atoms with Gasteiger partial charge in [0.1, 0.15) is 0 Å². The summed E-state index contributed by atoms with van der Waals surface area (Å²) in [5, 5.41) is 12.0. The summed E-state index contributed by atoms with van der Waals surface area (Å²) in [5.41, 5.74) is 0. The standard InChI is InChI=1S/C11H19NO3/c13-9-4-8(5-9)7-12-11(14)6-10-2-1-3-15-10/h8-10,13H,1-7H2,(H,12,14). The SMILES string of the molecule is O=C(CC1CCCO1)NCC1CC(O)C1. The zero-order valence-electron chi connectivity index (χ0n) is 8.95. The first-order valence-electron chi connectivity index (χ1n) is 5.80. The minimum absolute atomic E-state index is 0.0864. The van der Waals surface area contributed by atoms with Crippen LogP contribution in [0.4, 0.5) is 0 Å². The van der Waals surface area contributed by atoms with E-state index >= 15 is 0 Å². The Kier molecular flexibility index (Phi) is 3.59. The van der Waals surface area contributed by atoms with Gasteiger partial charge < -0.3 is 15.2 Å². The zero-order valence-corrected chi connectivity index (χ0v) is 8.95. The molecule has 1 aliphatic carbocycles. The summed E-state index contributed by atoms with van der Waals surface area (Å²) in [6, 6.07) is 0. The van der Waals surface area contributed by atoms with Crippen LogP contribution in [0.2, 0.25) is 0 Å². The van der Waals surface area contributed by atoms with Gasteiger partial charge in [0.05, 0.1) is 18.6 Å². The first-order valence-corrected chi connectivity index (χ1v) is 5.80. The molecule has 86 valence electrons. The first-order chi connectivity index (χ1) is 7.24. The van der Waals surface area contributed by atoms with Crippen LogP contribution in [0.3, 0.4) is 0 Å². The fraction of sp³-hybridized carbons (Fsp3) is 0.909. The number of aliphatic hydroxyl groups excluding tert-OH is 1. The van der Waals surface area contributed by atoms with E-state index in [4.69, 9.17) is 9.84 Å². The maximum Gasteiger partial charge on any atom is 0.222 e. The van der Waals surface area contributed by atoms with Crippen LogP contribution in [-0.2, 0) is 9.53 Å². The third-order valence-corrected chi connectivity index (χ3v) is 3.24. The summed E-state index contributed by atoms with van der Waals surface area (Å²) in [6.07, 6.45) is 4.25. The van der Waals surface area contributed by atoms with Crippen LogP contribution in [0.1, 0.15) is 32.1 Å². The summed E-state index contributed by atoms with van der Waals surface area (Å²) in [5.74, 6) is 0.566. The van der Waals surface area contributed by atoms with Gasteiger partial charge in [-0.15, -0.1) is 0 Å². The van der Waals surface area contributed by atoms with Crippen molar-refractivity contribution in [2.75, 3.05) is 13.2 Å². The summed E-state index contributed by atoms with van der Waals surface area (Å²) in [7, 11) is 0. The van der Waals surface area contributed by atoms with Crippen molar-refractivity contribution in [2.45, 2.75) is 44.3 Å². The van der Waals surface area contributed by atoms with Crippen LogP contribution < -0.4 is 5.32 Å². The number of hydrogen-bond donors (Lipinski definition) is 2. The zero-order chi connectivity index (χ0) is 10.7. The van der Waals surface area contributed by atoms with Crippen LogP contribution >= 0.6 is 0 Å². The van der Waals surface area contributed by atoms with Gasteiger partial charge in [0.25, 0.3) is 0 Å². The summed E-state index contributed by atoms with van der Waals surface area (Å²) < 4.78 is 5.39. The molecule has 1 amide bonds. The number of hydrogen-bond acceptors (Lipinski definition) is 3. The molecule has 1 aliphatic heterocycles. The van der Waals surface area contributed by atoms with Crippen molar-refractivity contribution in [3.8, 4) is 0 Å². The van der Waals surface area contributed by atoms with Gasteiger partial charge in [-0.2, -0.15) is 0 Å². The largest absolute Gasteiger partial charge is 0.393 e. The fourth-order valence-electron chi connectivity index (χ4n) is 2.21. The lowest BCUT2D eigenvalue weighted by atomic mass is 9.82. The second-order valence-electron chi connectivity index (χ2n) is 4.63. The normalized spacial score (nSPS) is 34.9. The number of carbonyl (C=O) groups excluding carboxylic acids is 1. The van der Waals surface area contributed by atoms with Gasteiger partial charge in [-0.3, -0.25) is 4.79 Å². The van der Waals surface area contributed by atoms with Gasteiger partial charge in [0, 0.05) is 13.2 Å². The van der Waals surface area contributed by atoms with Crippen LogP contribution in [0.15, 0.2) is 0 Å². The molecule has 1 atom stereocenters. The molecule has 15 heavy (non-hydrogen) atoms. The van der Waals surface area contributed by atoms with E-state index in [0.29, 0.717) is 18.9 Å². The molecule has 0 aromatic heterocycles. The lowest BCUT2D eigenvalue weighted by Gasteiger charge is -2.31. The Labute approximate surface area is 90.0 Å². The highest BCUT2D eigenvalue weighted by atomic mass is 16.5. The van der Waals surface area contributed by atoms with Crippen molar-refractivity contribution < 1.29 is 14.6 Å². The molecule has 2 N–H and O–H groups in total. The van der Waals surface area contributed by atoms with E-state index < -0.39 is 0 Å². The smallest absolute Gasteiger partial charge is 0.222 e. The predicted octanol–water partition coefficient (Wildman–Crippen LogP) is 0.443. The van der Waals surface area contributed by atoms with Gasteiger partial charge >= 0.3 is 0 Å². The number of rotatable bonds is 4. The van der Waals surface area contributed by atoms with E-state index in [1.807, 2.05) is 0 Å². The number of ether oxygens (including phenoxy) is 1. The molecule has 0 bridgehead atoms. The highest BCUT2D eigenvalue weighted by Gasteiger charge is 2.27. The molecule has 0 aromatic rings. The molecule has 2 aliphatic rings. The minimum atomic E-state index is -0.134. The Morgan fingerprint density at radius 1 is 1.47 bits per heavy atom. The van der Waals surface area contributed by atoms with Crippen molar-refractivity contribution in [3.63, 3.8) is 0 Å². The molecule has 0 radical (unpaired) electrons.